The third-order valence-electron chi connectivity index (χ3n) is 3.63. The van der Waals surface area contributed by atoms with Crippen LogP contribution in [0.25, 0.3) is 10.3 Å². The molecule has 0 aliphatic heterocycles. The number of aromatic amines is 1. The monoisotopic (exact) mass is 378 g/mol. The SMILES string of the molecule is CN(C(=O)NCCCCCc1nnn[nH]1)c1ccc2nc(S)sc2n1. The van der Waals surface area contributed by atoms with Crippen LogP contribution in [0.2, 0.25) is 0 Å². The van der Waals surface area contributed by atoms with Crippen LogP contribution in [0.5, 0.6) is 0 Å². The Morgan fingerprint density at radius 3 is 3.00 bits per heavy atom. The Morgan fingerprint density at radius 1 is 1.32 bits per heavy atom. The molecule has 0 aromatic carbocycles. The number of urea groups is 1. The van der Waals surface area contributed by atoms with Crippen LogP contribution in [0.3, 0.4) is 0 Å². The van der Waals surface area contributed by atoms with Gasteiger partial charge in [0.05, 0.1) is 0 Å². The summed E-state index contributed by atoms with van der Waals surface area (Å²) in [7, 11) is 1.70. The third kappa shape index (κ3) is 4.63. The largest absolute Gasteiger partial charge is 0.338 e. The number of thiol groups is 1. The number of nitrogens with one attached hydrogen (secondary N) is 2. The van der Waals surface area contributed by atoms with Crippen molar-refractivity contribution in [2.45, 2.75) is 30.0 Å². The van der Waals surface area contributed by atoms with Gasteiger partial charge in [-0.15, -0.1) is 17.7 Å². The van der Waals surface area contributed by atoms with Gasteiger partial charge in [0.15, 0.2) is 0 Å². The van der Waals surface area contributed by atoms with E-state index in [1.807, 2.05) is 6.07 Å². The summed E-state index contributed by atoms with van der Waals surface area (Å²) < 4.78 is 0.660. The Labute approximate surface area is 153 Å². The lowest BCUT2D eigenvalue weighted by Gasteiger charge is -2.16. The van der Waals surface area contributed by atoms with Crippen molar-refractivity contribution in [1.29, 1.82) is 0 Å². The number of nitrogens with zero attached hydrogens (tertiary/aromatic N) is 6. The van der Waals surface area contributed by atoms with Gasteiger partial charge in [-0.25, -0.2) is 19.9 Å². The first kappa shape index (κ1) is 17.5. The number of amides is 2. The molecule has 3 rings (SSSR count). The smallest absolute Gasteiger partial charge is 0.322 e. The number of unbranched alkanes of at least 4 members (excludes halogenated alkanes) is 2. The Balaban J connectivity index is 1.42. The minimum atomic E-state index is -0.179. The lowest BCUT2D eigenvalue weighted by atomic mass is 10.2. The molecule has 0 fully saturated rings. The molecule has 0 aliphatic rings. The van der Waals surface area contributed by atoms with Crippen LogP contribution < -0.4 is 10.2 Å². The van der Waals surface area contributed by atoms with E-state index >= 15 is 0 Å². The highest BCUT2D eigenvalue weighted by Gasteiger charge is 2.13. The van der Waals surface area contributed by atoms with E-state index in [0.717, 1.165) is 41.9 Å². The average Bonchev–Trinajstić information content (AvgIpc) is 3.24. The van der Waals surface area contributed by atoms with Crippen molar-refractivity contribution in [2.75, 3.05) is 18.5 Å². The van der Waals surface area contributed by atoms with E-state index < -0.39 is 0 Å². The summed E-state index contributed by atoms with van der Waals surface area (Å²) in [5.74, 6) is 1.37. The Morgan fingerprint density at radius 2 is 2.20 bits per heavy atom. The number of rotatable bonds is 7. The summed E-state index contributed by atoms with van der Waals surface area (Å²) in [6.07, 6.45) is 3.66. The van der Waals surface area contributed by atoms with Gasteiger partial charge in [-0.05, 0) is 35.4 Å². The number of hydrogen-bond acceptors (Lipinski definition) is 8. The number of carbonyl (C=O) groups is 1. The summed E-state index contributed by atoms with van der Waals surface area (Å²) in [5.41, 5.74) is 0.787. The molecule has 0 saturated heterocycles. The number of hydrogen-bond donors (Lipinski definition) is 3. The molecule has 0 saturated carbocycles. The minimum Gasteiger partial charge on any atom is -0.338 e. The molecule has 3 heterocycles. The van der Waals surface area contributed by atoms with Crippen molar-refractivity contribution >= 4 is 46.2 Å². The van der Waals surface area contributed by atoms with Crippen molar-refractivity contribution < 1.29 is 4.79 Å². The van der Waals surface area contributed by atoms with Crippen LogP contribution >= 0.6 is 24.0 Å². The fourth-order valence-electron chi connectivity index (χ4n) is 2.28. The molecular weight excluding hydrogens is 360 g/mol. The zero-order valence-electron chi connectivity index (χ0n) is 13.6. The standard InChI is InChI=1S/C14H18N8OS2/c1-22(11-7-6-9-12(17-11)25-14(24)16-9)13(23)15-8-4-2-3-5-10-18-20-21-19-10/h6-7H,2-5,8H2,1H3,(H,15,23)(H,16,24)(H,18,19,20,21). The first-order chi connectivity index (χ1) is 12.1. The fraction of sp³-hybridized carbons (Fsp3) is 0.429. The number of aromatic nitrogens is 6. The minimum absolute atomic E-state index is 0.179. The molecule has 0 atom stereocenters. The second-order valence-electron chi connectivity index (χ2n) is 5.44. The van der Waals surface area contributed by atoms with E-state index in [2.05, 4.69) is 48.5 Å². The van der Waals surface area contributed by atoms with Gasteiger partial charge in [0.2, 0.25) is 0 Å². The zero-order valence-corrected chi connectivity index (χ0v) is 15.3. The van der Waals surface area contributed by atoms with E-state index in [4.69, 9.17) is 0 Å². The van der Waals surface area contributed by atoms with Crippen molar-refractivity contribution in [3.05, 3.63) is 18.0 Å². The molecule has 25 heavy (non-hydrogen) atoms. The van der Waals surface area contributed by atoms with Crippen LogP contribution in [0.4, 0.5) is 10.6 Å². The van der Waals surface area contributed by atoms with E-state index in [0.29, 0.717) is 16.7 Å². The molecule has 2 amide bonds. The van der Waals surface area contributed by atoms with Gasteiger partial charge in [-0.1, -0.05) is 17.8 Å². The average molecular weight is 378 g/mol. The zero-order chi connectivity index (χ0) is 17.6. The Kier molecular flexibility index (Phi) is 5.76. The van der Waals surface area contributed by atoms with Crippen LogP contribution in [0, 0.1) is 0 Å². The van der Waals surface area contributed by atoms with Crippen LogP contribution in [-0.4, -0.2) is 50.2 Å². The van der Waals surface area contributed by atoms with Crippen molar-refractivity contribution in [2.24, 2.45) is 0 Å². The second-order valence-corrected chi connectivity index (χ2v) is 7.14. The number of carbonyl (C=O) groups excluding carboxylic acids is 1. The Bertz CT molecular complexity index is 835. The number of anilines is 1. The molecular formula is C14H18N8OS2. The fourth-order valence-corrected chi connectivity index (χ4v) is 3.32. The quantitative estimate of drug-likeness (QED) is 0.428. The van der Waals surface area contributed by atoms with Gasteiger partial charge in [-0.2, -0.15) is 0 Å². The summed E-state index contributed by atoms with van der Waals surface area (Å²) in [6, 6.07) is 3.44. The normalized spacial score (nSPS) is 11.0. The number of aryl methyl sites for hydroxylation is 1. The molecule has 9 nitrogen and oxygen atoms in total. The van der Waals surface area contributed by atoms with Gasteiger partial charge < -0.3 is 5.32 Å². The van der Waals surface area contributed by atoms with Gasteiger partial charge in [0.1, 0.15) is 26.3 Å². The van der Waals surface area contributed by atoms with E-state index in [9.17, 15) is 4.79 Å². The maximum absolute atomic E-state index is 12.2. The summed E-state index contributed by atoms with van der Waals surface area (Å²) >= 11 is 5.61. The van der Waals surface area contributed by atoms with Gasteiger partial charge >= 0.3 is 6.03 Å². The third-order valence-corrected chi connectivity index (χ3v) is 4.78. The Hall–Kier alpha value is -2.27. The van der Waals surface area contributed by atoms with Crippen molar-refractivity contribution in [1.82, 2.24) is 35.9 Å². The first-order valence-electron chi connectivity index (χ1n) is 7.84. The summed E-state index contributed by atoms with van der Waals surface area (Å²) in [5, 5.41) is 16.5. The summed E-state index contributed by atoms with van der Waals surface area (Å²) in [6.45, 7) is 0.613. The topological polar surface area (TPSA) is 113 Å². The number of H-pyrrole nitrogens is 1. The predicted octanol–water partition coefficient (Wildman–Crippen LogP) is 2.05. The predicted molar refractivity (Wildman–Crippen MR) is 98.2 cm³/mol. The highest BCUT2D eigenvalue weighted by atomic mass is 32.2. The van der Waals surface area contributed by atoms with Gasteiger partial charge in [0.25, 0.3) is 0 Å². The molecule has 11 heteroatoms. The van der Waals surface area contributed by atoms with Gasteiger partial charge in [0, 0.05) is 20.0 Å². The van der Waals surface area contributed by atoms with Crippen LogP contribution in [0.1, 0.15) is 25.1 Å². The van der Waals surface area contributed by atoms with E-state index in [1.54, 1.807) is 13.1 Å². The first-order valence-corrected chi connectivity index (χ1v) is 9.10. The van der Waals surface area contributed by atoms with Gasteiger partial charge in [-0.3, -0.25) is 4.90 Å². The molecule has 3 aromatic rings. The molecule has 0 unspecified atom stereocenters. The molecule has 0 spiro atoms. The van der Waals surface area contributed by atoms with Crippen molar-refractivity contribution in [3.63, 3.8) is 0 Å². The maximum Gasteiger partial charge on any atom is 0.322 e. The van der Waals surface area contributed by atoms with E-state index in [1.165, 1.54) is 16.2 Å². The number of tetrazole rings is 1. The lowest BCUT2D eigenvalue weighted by molar-refractivity contribution is 0.247. The number of fused-ring (bicyclic) bond motifs is 1. The van der Waals surface area contributed by atoms with Crippen molar-refractivity contribution in [3.8, 4) is 0 Å². The summed E-state index contributed by atoms with van der Waals surface area (Å²) in [4.78, 5) is 23.2. The van der Waals surface area contributed by atoms with Crippen LogP contribution in [-0.2, 0) is 6.42 Å². The lowest BCUT2D eigenvalue weighted by Crippen LogP contribution is -2.38. The highest BCUT2D eigenvalue weighted by molar-refractivity contribution is 7.82. The molecule has 132 valence electrons. The molecule has 0 radical (unpaired) electrons. The highest BCUT2D eigenvalue weighted by Crippen LogP contribution is 2.24. The second kappa shape index (κ2) is 8.21. The van der Waals surface area contributed by atoms with Crippen LogP contribution in [0.15, 0.2) is 16.5 Å². The molecule has 3 aromatic heterocycles. The number of thiazole rings is 1. The molecule has 2 N–H and O–H groups in total. The molecule has 0 aliphatic carbocycles. The molecule has 0 bridgehead atoms. The van der Waals surface area contributed by atoms with E-state index in [-0.39, 0.29) is 6.03 Å². The number of pyridine rings is 1. The maximum atomic E-state index is 12.2.